The molecule has 1 aliphatic rings. The summed E-state index contributed by atoms with van der Waals surface area (Å²) in [5.41, 5.74) is 6.36. The van der Waals surface area contributed by atoms with E-state index in [-0.39, 0.29) is 5.56 Å². The van der Waals surface area contributed by atoms with Crippen LogP contribution in [0.25, 0.3) is 10.9 Å². The van der Waals surface area contributed by atoms with Crippen molar-refractivity contribution >= 4 is 40.4 Å². The molecule has 0 spiro atoms. The van der Waals surface area contributed by atoms with E-state index in [0.717, 1.165) is 28.9 Å². The van der Waals surface area contributed by atoms with E-state index in [1.54, 1.807) is 11.9 Å². The summed E-state index contributed by atoms with van der Waals surface area (Å²) >= 11 is 8.02. The standard InChI is InChI=1S/C15H16ClN3OS/c16-14-11-8-10(21-19-6-2-1-3-7-19)4-5-13(11)18-9-12(14)15(17)20/h4-5,8-9H,1-3,6-7H2,(H2,17,20). The molecular formula is C15H16ClN3OS. The fraction of sp³-hybridized carbons (Fsp3) is 0.333. The third-order valence-electron chi connectivity index (χ3n) is 3.59. The van der Waals surface area contributed by atoms with Gasteiger partial charge < -0.3 is 5.73 Å². The lowest BCUT2D eigenvalue weighted by atomic mass is 10.1. The van der Waals surface area contributed by atoms with Crippen molar-refractivity contribution in [3.8, 4) is 0 Å². The molecule has 0 radical (unpaired) electrons. The van der Waals surface area contributed by atoms with E-state index in [4.69, 9.17) is 17.3 Å². The number of carbonyl (C=O) groups excluding carboxylic acids is 1. The van der Waals surface area contributed by atoms with Crippen molar-refractivity contribution in [3.05, 3.63) is 35.0 Å². The second-order valence-electron chi connectivity index (χ2n) is 5.11. The van der Waals surface area contributed by atoms with Gasteiger partial charge in [0, 0.05) is 29.6 Å². The Morgan fingerprint density at radius 1 is 1.29 bits per heavy atom. The Morgan fingerprint density at radius 3 is 2.76 bits per heavy atom. The van der Waals surface area contributed by atoms with Gasteiger partial charge in [0.25, 0.3) is 5.91 Å². The molecule has 0 bridgehead atoms. The van der Waals surface area contributed by atoms with Crippen LogP contribution in [0.5, 0.6) is 0 Å². The maximum absolute atomic E-state index is 11.4. The fourth-order valence-electron chi connectivity index (χ4n) is 2.47. The second-order valence-corrected chi connectivity index (χ2v) is 6.66. The number of fused-ring (bicyclic) bond motifs is 1. The van der Waals surface area contributed by atoms with Crippen LogP contribution in [0.3, 0.4) is 0 Å². The zero-order valence-corrected chi connectivity index (χ0v) is 13.1. The van der Waals surface area contributed by atoms with Gasteiger partial charge in [-0.1, -0.05) is 18.0 Å². The Morgan fingerprint density at radius 2 is 2.05 bits per heavy atom. The largest absolute Gasteiger partial charge is 0.366 e. The summed E-state index contributed by atoms with van der Waals surface area (Å²) in [6.45, 7) is 2.21. The highest BCUT2D eigenvalue weighted by Crippen LogP contribution is 2.32. The molecule has 6 heteroatoms. The number of nitrogens with two attached hydrogens (primary N) is 1. The van der Waals surface area contributed by atoms with E-state index in [0.29, 0.717) is 5.02 Å². The zero-order valence-electron chi connectivity index (χ0n) is 11.5. The van der Waals surface area contributed by atoms with Crippen LogP contribution in [-0.2, 0) is 0 Å². The predicted octanol–water partition coefficient (Wildman–Crippen LogP) is 3.48. The van der Waals surface area contributed by atoms with E-state index >= 15 is 0 Å². The number of carbonyl (C=O) groups is 1. The summed E-state index contributed by atoms with van der Waals surface area (Å²) in [5.74, 6) is -0.552. The van der Waals surface area contributed by atoms with Crippen LogP contribution in [0, 0.1) is 0 Å². The van der Waals surface area contributed by atoms with Crippen LogP contribution in [0.1, 0.15) is 29.6 Å². The quantitative estimate of drug-likeness (QED) is 0.879. The first-order chi connectivity index (χ1) is 10.1. The van der Waals surface area contributed by atoms with Crippen molar-refractivity contribution in [2.45, 2.75) is 24.2 Å². The van der Waals surface area contributed by atoms with Gasteiger partial charge in [-0.25, -0.2) is 4.31 Å². The molecule has 1 saturated heterocycles. The molecule has 1 amide bonds. The van der Waals surface area contributed by atoms with E-state index in [2.05, 4.69) is 9.29 Å². The Kier molecular flexibility index (Phi) is 4.33. The lowest BCUT2D eigenvalue weighted by Crippen LogP contribution is -2.22. The number of hydrogen-bond acceptors (Lipinski definition) is 4. The topological polar surface area (TPSA) is 59.2 Å². The number of rotatable bonds is 3. The molecule has 0 unspecified atom stereocenters. The molecule has 2 heterocycles. The Bertz CT molecular complexity index is 686. The van der Waals surface area contributed by atoms with Crippen LogP contribution in [0.2, 0.25) is 5.02 Å². The first kappa shape index (κ1) is 14.6. The first-order valence-corrected chi connectivity index (χ1v) is 8.11. The van der Waals surface area contributed by atoms with Crippen molar-refractivity contribution in [2.24, 2.45) is 5.73 Å². The second kappa shape index (κ2) is 6.22. The number of benzene rings is 1. The van der Waals surface area contributed by atoms with E-state index in [1.807, 2.05) is 18.2 Å². The molecule has 4 nitrogen and oxygen atoms in total. The molecule has 1 aliphatic heterocycles. The van der Waals surface area contributed by atoms with E-state index in [1.165, 1.54) is 25.5 Å². The number of aromatic nitrogens is 1. The lowest BCUT2D eigenvalue weighted by molar-refractivity contribution is 0.100. The summed E-state index contributed by atoms with van der Waals surface area (Å²) in [5, 5.41) is 1.16. The molecule has 1 aromatic carbocycles. The molecule has 2 N–H and O–H groups in total. The van der Waals surface area contributed by atoms with Crippen LogP contribution >= 0.6 is 23.5 Å². The van der Waals surface area contributed by atoms with Gasteiger partial charge in [0.15, 0.2) is 0 Å². The van der Waals surface area contributed by atoms with Crippen LogP contribution in [-0.4, -0.2) is 28.3 Å². The highest BCUT2D eigenvalue weighted by molar-refractivity contribution is 7.97. The minimum Gasteiger partial charge on any atom is -0.366 e. The van der Waals surface area contributed by atoms with Gasteiger partial charge in [0.05, 0.1) is 16.1 Å². The summed E-state index contributed by atoms with van der Waals surface area (Å²) in [6.07, 6.45) is 5.24. The Balaban J connectivity index is 1.94. The van der Waals surface area contributed by atoms with Crippen molar-refractivity contribution in [2.75, 3.05) is 13.1 Å². The third kappa shape index (κ3) is 3.15. The normalized spacial score (nSPS) is 16.2. The van der Waals surface area contributed by atoms with Crippen LogP contribution in [0.4, 0.5) is 0 Å². The molecule has 3 rings (SSSR count). The molecule has 21 heavy (non-hydrogen) atoms. The molecule has 0 saturated carbocycles. The summed E-state index contributed by atoms with van der Waals surface area (Å²) in [6, 6.07) is 5.95. The van der Waals surface area contributed by atoms with Crippen molar-refractivity contribution in [1.29, 1.82) is 0 Å². The molecule has 0 atom stereocenters. The minimum absolute atomic E-state index is 0.268. The Hall–Kier alpha value is -1.30. The highest BCUT2D eigenvalue weighted by Gasteiger charge is 2.14. The van der Waals surface area contributed by atoms with Gasteiger partial charge >= 0.3 is 0 Å². The van der Waals surface area contributed by atoms with Crippen LogP contribution < -0.4 is 5.73 Å². The molecular weight excluding hydrogens is 306 g/mol. The van der Waals surface area contributed by atoms with Crippen molar-refractivity contribution in [1.82, 2.24) is 9.29 Å². The molecule has 2 aromatic rings. The van der Waals surface area contributed by atoms with Gasteiger partial charge in [0.2, 0.25) is 0 Å². The average Bonchev–Trinajstić information content (AvgIpc) is 2.49. The maximum Gasteiger partial charge on any atom is 0.251 e. The molecule has 110 valence electrons. The average molecular weight is 322 g/mol. The van der Waals surface area contributed by atoms with Gasteiger partial charge in [-0.15, -0.1) is 0 Å². The van der Waals surface area contributed by atoms with Gasteiger partial charge in [-0.05, 0) is 43.0 Å². The first-order valence-electron chi connectivity index (χ1n) is 6.96. The smallest absolute Gasteiger partial charge is 0.251 e. The molecule has 0 aliphatic carbocycles. The monoisotopic (exact) mass is 321 g/mol. The maximum atomic E-state index is 11.4. The molecule has 1 aromatic heterocycles. The minimum atomic E-state index is -0.552. The summed E-state index contributed by atoms with van der Waals surface area (Å²) < 4.78 is 2.37. The van der Waals surface area contributed by atoms with Gasteiger partial charge in [-0.2, -0.15) is 0 Å². The number of hydrogen-bond donors (Lipinski definition) is 1. The third-order valence-corrected chi connectivity index (χ3v) is 5.08. The number of pyridine rings is 1. The Labute approximate surface area is 132 Å². The number of halogens is 1. The molecule has 1 fully saturated rings. The number of piperidine rings is 1. The number of nitrogens with zero attached hydrogens (tertiary/aromatic N) is 2. The summed E-state index contributed by atoms with van der Waals surface area (Å²) in [7, 11) is 0. The lowest BCUT2D eigenvalue weighted by Gasteiger charge is -2.25. The SMILES string of the molecule is NC(=O)c1cnc2ccc(SN3CCCCC3)cc2c1Cl. The highest BCUT2D eigenvalue weighted by atomic mass is 35.5. The fourth-order valence-corrected chi connectivity index (χ4v) is 3.80. The van der Waals surface area contributed by atoms with E-state index < -0.39 is 5.91 Å². The van der Waals surface area contributed by atoms with Crippen molar-refractivity contribution < 1.29 is 4.79 Å². The van der Waals surface area contributed by atoms with Gasteiger partial charge in [-0.3, -0.25) is 9.78 Å². The summed E-state index contributed by atoms with van der Waals surface area (Å²) in [4.78, 5) is 16.7. The van der Waals surface area contributed by atoms with Crippen molar-refractivity contribution in [3.63, 3.8) is 0 Å². The predicted molar refractivity (Wildman–Crippen MR) is 86.6 cm³/mol. The van der Waals surface area contributed by atoms with Crippen LogP contribution in [0.15, 0.2) is 29.3 Å². The number of primary amides is 1. The zero-order chi connectivity index (χ0) is 14.8. The van der Waals surface area contributed by atoms with Gasteiger partial charge in [0.1, 0.15) is 0 Å². The number of amides is 1. The van der Waals surface area contributed by atoms with E-state index in [9.17, 15) is 4.79 Å².